The van der Waals surface area contributed by atoms with Gasteiger partial charge in [0.2, 0.25) is 0 Å². The number of hydrogen-bond acceptors (Lipinski definition) is 0. The fourth-order valence-corrected chi connectivity index (χ4v) is 3.00. The molecule has 0 saturated heterocycles. The zero-order valence-corrected chi connectivity index (χ0v) is 13.3. The summed E-state index contributed by atoms with van der Waals surface area (Å²) in [5.74, 6) is 3.29. The first-order valence-corrected chi connectivity index (χ1v) is 12.8. The van der Waals surface area contributed by atoms with E-state index in [1.54, 1.807) is 0 Å². The molecule has 2 heteroatoms. The van der Waals surface area contributed by atoms with Crippen LogP contribution in [0.3, 0.4) is 0 Å². The van der Waals surface area contributed by atoms with Crippen LogP contribution in [-0.4, -0.2) is 16.1 Å². The summed E-state index contributed by atoms with van der Waals surface area (Å²) in [7, 11) is -2.40. The Hall–Kier alpha value is -0.786. The van der Waals surface area contributed by atoms with Crippen LogP contribution < -0.4 is 5.19 Å². The van der Waals surface area contributed by atoms with Crippen molar-refractivity contribution in [1.29, 1.82) is 0 Å². The Morgan fingerprint density at radius 3 is 1.69 bits per heavy atom. The van der Waals surface area contributed by atoms with E-state index in [4.69, 9.17) is 0 Å². The average Bonchev–Trinajstić information content (AvgIpc) is 2.13. The van der Waals surface area contributed by atoms with E-state index in [0.717, 1.165) is 5.56 Å². The predicted molar refractivity (Wildman–Crippen MR) is 79.6 cm³/mol. The van der Waals surface area contributed by atoms with Crippen molar-refractivity contribution in [3.63, 3.8) is 0 Å². The van der Waals surface area contributed by atoms with Crippen molar-refractivity contribution in [2.45, 2.75) is 39.3 Å². The van der Waals surface area contributed by atoms with Crippen molar-refractivity contribution >= 4 is 21.3 Å². The number of rotatable bonds is 1. The Balaban J connectivity index is 2.91. The summed E-state index contributed by atoms with van der Waals surface area (Å²) in [5.41, 5.74) is 4.55. The fraction of sp³-hybridized carbons (Fsp3) is 0.429. The smallest absolute Gasteiger partial charge is 0.127 e. The van der Waals surface area contributed by atoms with Crippen LogP contribution in [0.25, 0.3) is 0 Å². The zero-order chi connectivity index (χ0) is 12.4. The van der Waals surface area contributed by atoms with Crippen LogP contribution in [0.4, 0.5) is 0 Å². The second kappa shape index (κ2) is 4.61. The van der Waals surface area contributed by atoms with Gasteiger partial charge in [0, 0.05) is 5.56 Å². The van der Waals surface area contributed by atoms with Gasteiger partial charge >= 0.3 is 0 Å². The molecule has 16 heavy (non-hydrogen) atoms. The van der Waals surface area contributed by atoms with Crippen molar-refractivity contribution in [3.05, 3.63) is 29.8 Å². The molecule has 0 N–H and O–H groups in total. The van der Waals surface area contributed by atoms with Gasteiger partial charge in [-0.1, -0.05) is 62.5 Å². The van der Waals surface area contributed by atoms with Crippen LogP contribution in [0.5, 0.6) is 0 Å². The minimum Gasteiger partial charge on any atom is -0.127 e. The largest absolute Gasteiger partial charge is 0.129 e. The lowest BCUT2D eigenvalue weighted by molar-refractivity contribution is 1.64. The fourth-order valence-electron chi connectivity index (χ4n) is 1.31. The van der Waals surface area contributed by atoms with Crippen LogP contribution >= 0.6 is 0 Å². The minimum atomic E-state index is -1.24. The van der Waals surface area contributed by atoms with E-state index in [2.05, 4.69) is 75.0 Å². The first-order valence-electron chi connectivity index (χ1n) is 5.82. The van der Waals surface area contributed by atoms with Gasteiger partial charge in [-0.3, -0.25) is 0 Å². The first-order chi connectivity index (χ1) is 7.18. The van der Waals surface area contributed by atoms with E-state index in [1.165, 1.54) is 5.19 Å². The summed E-state index contributed by atoms with van der Waals surface area (Å²) in [5, 5.41) is 1.51. The zero-order valence-electron chi connectivity index (χ0n) is 11.3. The Morgan fingerprint density at radius 1 is 0.812 bits per heavy atom. The lowest BCUT2D eigenvalue weighted by Crippen LogP contribution is -2.37. The van der Waals surface area contributed by atoms with E-state index >= 15 is 0 Å². The molecule has 0 aliphatic carbocycles. The Bertz CT molecular complexity index is 405. The van der Waals surface area contributed by atoms with Crippen LogP contribution in [0.1, 0.15) is 5.56 Å². The van der Waals surface area contributed by atoms with Crippen molar-refractivity contribution in [1.82, 2.24) is 0 Å². The molecule has 0 aliphatic rings. The van der Waals surface area contributed by atoms with E-state index in [9.17, 15) is 0 Å². The van der Waals surface area contributed by atoms with Gasteiger partial charge in [0.05, 0.1) is 8.07 Å². The molecular weight excluding hydrogens is 224 g/mol. The topological polar surface area (TPSA) is 0 Å². The number of hydrogen-bond donors (Lipinski definition) is 0. The third kappa shape index (κ3) is 4.38. The summed E-state index contributed by atoms with van der Waals surface area (Å²) >= 11 is 0. The van der Waals surface area contributed by atoms with Crippen LogP contribution in [0.2, 0.25) is 39.3 Å². The number of benzene rings is 1. The van der Waals surface area contributed by atoms with Gasteiger partial charge in [0.1, 0.15) is 8.07 Å². The first kappa shape index (κ1) is 13.3. The minimum absolute atomic E-state index is 1.16. The maximum atomic E-state index is 3.40. The van der Waals surface area contributed by atoms with Crippen LogP contribution in [0.15, 0.2) is 24.3 Å². The molecule has 0 radical (unpaired) electrons. The molecule has 0 unspecified atom stereocenters. The lowest BCUT2D eigenvalue weighted by atomic mass is 10.2. The maximum Gasteiger partial charge on any atom is 0.129 e. The van der Waals surface area contributed by atoms with E-state index in [1.807, 2.05) is 0 Å². The van der Waals surface area contributed by atoms with Gasteiger partial charge in [-0.15, -0.1) is 5.54 Å². The highest BCUT2D eigenvalue weighted by Crippen LogP contribution is 2.04. The SMILES string of the molecule is C[Si](C)(C)C#Cc1ccc([Si](C)(C)C)cc1. The van der Waals surface area contributed by atoms with Crippen molar-refractivity contribution in [3.8, 4) is 11.5 Å². The molecule has 0 fully saturated rings. The van der Waals surface area contributed by atoms with E-state index in [0.29, 0.717) is 0 Å². The Kier molecular flexibility index (Phi) is 3.82. The molecule has 0 aromatic heterocycles. The third-order valence-electron chi connectivity index (χ3n) is 2.33. The molecule has 0 saturated carbocycles. The van der Waals surface area contributed by atoms with Crippen LogP contribution in [-0.2, 0) is 0 Å². The Labute approximate surface area is 102 Å². The molecule has 0 bridgehead atoms. The van der Waals surface area contributed by atoms with Crippen molar-refractivity contribution < 1.29 is 0 Å². The average molecular weight is 247 g/mol. The van der Waals surface area contributed by atoms with Crippen LogP contribution in [0, 0.1) is 11.5 Å². The monoisotopic (exact) mass is 246 g/mol. The molecule has 1 aromatic rings. The standard InChI is InChI=1S/C14H22Si2/c1-15(2,3)12-11-13-7-9-14(10-8-13)16(4,5)6/h7-10H,1-6H3. The highest BCUT2D eigenvalue weighted by molar-refractivity contribution is 6.88. The van der Waals surface area contributed by atoms with Gasteiger partial charge in [-0.25, -0.2) is 0 Å². The summed E-state index contributed by atoms with van der Waals surface area (Å²) < 4.78 is 0. The van der Waals surface area contributed by atoms with Gasteiger partial charge in [-0.2, -0.15) is 0 Å². The van der Waals surface area contributed by atoms with Crippen molar-refractivity contribution in [2.24, 2.45) is 0 Å². The summed E-state index contributed by atoms with van der Waals surface area (Å²) in [6.45, 7) is 13.9. The van der Waals surface area contributed by atoms with Gasteiger partial charge in [0.15, 0.2) is 0 Å². The summed E-state index contributed by atoms with van der Waals surface area (Å²) in [4.78, 5) is 0. The second-order valence-corrected chi connectivity index (χ2v) is 16.2. The second-order valence-electron chi connectivity index (χ2n) is 6.33. The van der Waals surface area contributed by atoms with Gasteiger partial charge in [0.25, 0.3) is 0 Å². The Morgan fingerprint density at radius 2 is 1.31 bits per heavy atom. The normalized spacial score (nSPS) is 11.9. The molecule has 0 amide bonds. The van der Waals surface area contributed by atoms with Gasteiger partial charge < -0.3 is 0 Å². The highest BCUT2D eigenvalue weighted by atomic mass is 28.3. The molecule has 0 spiro atoms. The van der Waals surface area contributed by atoms with E-state index < -0.39 is 16.1 Å². The molecule has 1 rings (SSSR count). The molecule has 0 heterocycles. The molecule has 1 aromatic carbocycles. The predicted octanol–water partition coefficient (Wildman–Crippen LogP) is 3.46. The van der Waals surface area contributed by atoms with Crippen molar-refractivity contribution in [2.75, 3.05) is 0 Å². The third-order valence-corrected chi connectivity index (χ3v) is 5.27. The summed E-state index contributed by atoms with van der Waals surface area (Å²) in [6, 6.07) is 8.84. The quantitative estimate of drug-likeness (QED) is 0.526. The van der Waals surface area contributed by atoms with Gasteiger partial charge in [-0.05, 0) is 12.1 Å². The molecular formula is C14H22Si2. The summed E-state index contributed by atoms with van der Waals surface area (Å²) in [6.07, 6.45) is 0. The van der Waals surface area contributed by atoms with E-state index in [-0.39, 0.29) is 0 Å². The molecule has 0 atom stereocenters. The highest BCUT2D eigenvalue weighted by Gasteiger charge is 2.15. The molecule has 0 nitrogen and oxygen atoms in total. The molecule has 86 valence electrons. The molecule has 0 aliphatic heterocycles. The maximum absolute atomic E-state index is 3.40. The lowest BCUT2D eigenvalue weighted by Gasteiger charge is -2.16.